The molecule has 1 aliphatic rings. The molecular formula is C24H28N6O2. The Labute approximate surface area is 187 Å². The summed E-state index contributed by atoms with van der Waals surface area (Å²) in [4.78, 5) is 12.4. The largest absolute Gasteiger partial charge is 0.383 e. The lowest BCUT2D eigenvalue weighted by molar-refractivity contribution is -0.115. The van der Waals surface area contributed by atoms with Crippen molar-refractivity contribution >= 4 is 17.5 Å². The van der Waals surface area contributed by atoms with Gasteiger partial charge in [-0.25, -0.2) is 4.68 Å². The Kier molecular flexibility index (Phi) is 5.29. The van der Waals surface area contributed by atoms with Crippen LogP contribution in [0, 0.1) is 16.7 Å². The molecule has 1 aliphatic carbocycles. The summed E-state index contributed by atoms with van der Waals surface area (Å²) in [5, 5.41) is 20.9. The fourth-order valence-corrected chi connectivity index (χ4v) is 3.68. The molecule has 166 valence electrons. The molecule has 0 atom stereocenters. The van der Waals surface area contributed by atoms with Crippen LogP contribution in [0.2, 0.25) is 0 Å². The Morgan fingerprint density at radius 3 is 2.59 bits per heavy atom. The number of benzene rings is 1. The third kappa shape index (κ3) is 4.52. The Morgan fingerprint density at radius 2 is 2.00 bits per heavy atom. The first-order valence-electron chi connectivity index (χ1n) is 10.7. The summed E-state index contributed by atoms with van der Waals surface area (Å²) in [5.74, 6) is 1.38. The molecule has 0 saturated heterocycles. The minimum absolute atomic E-state index is 0.0742. The molecule has 2 aromatic heterocycles. The number of nitrogens with two attached hydrogens (primary N) is 1. The van der Waals surface area contributed by atoms with Gasteiger partial charge in [-0.05, 0) is 30.7 Å². The van der Waals surface area contributed by atoms with Crippen molar-refractivity contribution in [2.24, 2.45) is 5.41 Å². The SMILES string of the molecule is CC(C)(C)Cc1cc(NC(=O)Cc2ccc(-c3nn(C4(C)CC4)c(N)c3C#N)cc2)no1. The van der Waals surface area contributed by atoms with E-state index in [-0.39, 0.29) is 23.3 Å². The van der Waals surface area contributed by atoms with Gasteiger partial charge < -0.3 is 15.6 Å². The number of aromatic nitrogens is 3. The van der Waals surface area contributed by atoms with Crippen LogP contribution in [-0.4, -0.2) is 20.8 Å². The lowest BCUT2D eigenvalue weighted by atomic mass is 9.91. The highest BCUT2D eigenvalue weighted by Crippen LogP contribution is 2.45. The quantitative estimate of drug-likeness (QED) is 0.600. The number of nitriles is 1. The molecule has 1 amide bonds. The topological polar surface area (TPSA) is 123 Å². The molecule has 1 aromatic carbocycles. The molecule has 1 saturated carbocycles. The molecule has 1 fully saturated rings. The van der Waals surface area contributed by atoms with Crippen molar-refractivity contribution in [1.82, 2.24) is 14.9 Å². The summed E-state index contributed by atoms with van der Waals surface area (Å²) in [5.41, 5.74) is 8.77. The summed E-state index contributed by atoms with van der Waals surface area (Å²) in [7, 11) is 0. The molecule has 3 aromatic rings. The van der Waals surface area contributed by atoms with E-state index in [1.54, 1.807) is 10.7 Å². The van der Waals surface area contributed by atoms with Gasteiger partial charge in [0.15, 0.2) is 5.82 Å². The summed E-state index contributed by atoms with van der Waals surface area (Å²) >= 11 is 0. The predicted molar refractivity (Wildman–Crippen MR) is 122 cm³/mol. The zero-order valence-corrected chi connectivity index (χ0v) is 18.9. The molecule has 32 heavy (non-hydrogen) atoms. The van der Waals surface area contributed by atoms with Gasteiger partial charge in [-0.15, -0.1) is 0 Å². The number of nitrogens with zero attached hydrogens (tertiary/aromatic N) is 4. The molecule has 0 unspecified atom stereocenters. The average molecular weight is 433 g/mol. The molecule has 0 radical (unpaired) electrons. The summed E-state index contributed by atoms with van der Waals surface area (Å²) in [6.45, 7) is 8.43. The zero-order valence-electron chi connectivity index (χ0n) is 18.9. The highest BCUT2D eigenvalue weighted by molar-refractivity contribution is 5.91. The Bertz CT molecular complexity index is 1190. The van der Waals surface area contributed by atoms with Gasteiger partial charge in [-0.1, -0.05) is 50.2 Å². The number of amides is 1. The molecule has 8 heteroatoms. The number of rotatable bonds is 6. The fraction of sp³-hybridized carbons (Fsp3) is 0.417. The number of hydrogen-bond donors (Lipinski definition) is 2. The van der Waals surface area contributed by atoms with Gasteiger partial charge in [0.1, 0.15) is 28.9 Å². The molecule has 2 heterocycles. The van der Waals surface area contributed by atoms with Gasteiger partial charge in [0.2, 0.25) is 5.91 Å². The number of nitrogens with one attached hydrogen (secondary N) is 1. The monoisotopic (exact) mass is 432 g/mol. The molecule has 3 N–H and O–H groups in total. The van der Waals surface area contributed by atoms with Crippen LogP contribution in [0.25, 0.3) is 11.3 Å². The van der Waals surface area contributed by atoms with Gasteiger partial charge in [0.05, 0.1) is 12.0 Å². The van der Waals surface area contributed by atoms with Crippen molar-refractivity contribution in [2.45, 2.75) is 58.9 Å². The number of carbonyl (C=O) groups excluding carboxylic acids is 1. The van der Waals surface area contributed by atoms with Gasteiger partial charge in [0, 0.05) is 18.1 Å². The second-order valence-corrected chi connectivity index (χ2v) is 9.97. The molecule has 4 rings (SSSR count). The Balaban J connectivity index is 1.44. The van der Waals surface area contributed by atoms with Crippen LogP contribution >= 0.6 is 0 Å². The summed E-state index contributed by atoms with van der Waals surface area (Å²) in [6.07, 6.45) is 2.93. The number of hydrogen-bond acceptors (Lipinski definition) is 6. The van der Waals surface area contributed by atoms with Crippen molar-refractivity contribution < 1.29 is 9.32 Å². The van der Waals surface area contributed by atoms with E-state index in [1.807, 2.05) is 24.3 Å². The lowest BCUT2D eigenvalue weighted by Crippen LogP contribution is -2.16. The Morgan fingerprint density at radius 1 is 1.31 bits per heavy atom. The van der Waals surface area contributed by atoms with E-state index < -0.39 is 0 Å². The van der Waals surface area contributed by atoms with Crippen molar-refractivity contribution in [3.8, 4) is 17.3 Å². The van der Waals surface area contributed by atoms with Gasteiger partial charge in [0.25, 0.3) is 0 Å². The van der Waals surface area contributed by atoms with Crippen LogP contribution in [0.15, 0.2) is 34.9 Å². The van der Waals surface area contributed by atoms with E-state index in [0.29, 0.717) is 22.9 Å². The lowest BCUT2D eigenvalue weighted by Gasteiger charge is -2.14. The Hall–Kier alpha value is -3.60. The summed E-state index contributed by atoms with van der Waals surface area (Å²) < 4.78 is 7.08. The normalized spacial score (nSPS) is 14.7. The van der Waals surface area contributed by atoms with Crippen LogP contribution in [0.3, 0.4) is 0 Å². The zero-order chi connectivity index (χ0) is 23.1. The van der Waals surface area contributed by atoms with E-state index in [2.05, 4.69) is 49.3 Å². The third-order valence-corrected chi connectivity index (χ3v) is 5.64. The van der Waals surface area contributed by atoms with Crippen LogP contribution in [0.5, 0.6) is 0 Å². The van der Waals surface area contributed by atoms with E-state index in [9.17, 15) is 10.1 Å². The van der Waals surface area contributed by atoms with Crippen LogP contribution in [0.1, 0.15) is 57.4 Å². The van der Waals surface area contributed by atoms with Crippen LogP contribution in [-0.2, 0) is 23.2 Å². The minimum atomic E-state index is -0.179. The second-order valence-electron chi connectivity index (χ2n) is 9.97. The van der Waals surface area contributed by atoms with Gasteiger partial charge in [-0.2, -0.15) is 10.4 Å². The number of nitrogen functional groups attached to an aromatic ring is 1. The second kappa shape index (κ2) is 7.83. The first-order valence-corrected chi connectivity index (χ1v) is 10.7. The minimum Gasteiger partial charge on any atom is -0.383 e. The molecule has 0 spiro atoms. The van der Waals surface area contributed by atoms with E-state index >= 15 is 0 Å². The van der Waals surface area contributed by atoms with Crippen molar-refractivity contribution in [2.75, 3.05) is 11.1 Å². The van der Waals surface area contributed by atoms with E-state index in [4.69, 9.17) is 10.3 Å². The van der Waals surface area contributed by atoms with Crippen LogP contribution in [0.4, 0.5) is 11.6 Å². The highest BCUT2D eigenvalue weighted by Gasteiger charge is 2.42. The van der Waals surface area contributed by atoms with Crippen molar-refractivity contribution in [3.63, 3.8) is 0 Å². The molecule has 0 aliphatic heterocycles. The predicted octanol–water partition coefficient (Wildman–Crippen LogP) is 4.27. The highest BCUT2D eigenvalue weighted by atomic mass is 16.5. The molecule has 0 bridgehead atoms. The maximum Gasteiger partial charge on any atom is 0.230 e. The third-order valence-electron chi connectivity index (χ3n) is 5.64. The van der Waals surface area contributed by atoms with E-state index in [0.717, 1.165) is 36.1 Å². The fourth-order valence-electron chi connectivity index (χ4n) is 3.68. The standard InChI is InChI=1S/C24H28N6O2/c1-23(2,3)13-17-12-19(29-32-17)27-20(31)11-15-5-7-16(8-6-15)21-18(14-25)22(26)30(28-21)24(4)9-10-24/h5-8,12H,9-11,13,26H2,1-4H3,(H,27,29,31). The van der Waals surface area contributed by atoms with Gasteiger partial charge in [-0.3, -0.25) is 4.79 Å². The molecular weight excluding hydrogens is 404 g/mol. The van der Waals surface area contributed by atoms with E-state index in [1.165, 1.54) is 0 Å². The average Bonchev–Trinajstić information content (AvgIpc) is 3.15. The summed E-state index contributed by atoms with van der Waals surface area (Å²) in [6, 6.07) is 11.4. The van der Waals surface area contributed by atoms with Crippen molar-refractivity contribution in [3.05, 3.63) is 47.2 Å². The van der Waals surface area contributed by atoms with Gasteiger partial charge >= 0.3 is 0 Å². The van der Waals surface area contributed by atoms with Crippen molar-refractivity contribution in [1.29, 1.82) is 5.26 Å². The van der Waals surface area contributed by atoms with Crippen LogP contribution < -0.4 is 11.1 Å². The number of anilines is 2. The maximum atomic E-state index is 12.4. The first kappa shape index (κ1) is 21.6. The first-order chi connectivity index (χ1) is 15.1. The number of carbonyl (C=O) groups is 1. The maximum absolute atomic E-state index is 12.4. The molecule has 8 nitrogen and oxygen atoms in total. The smallest absolute Gasteiger partial charge is 0.230 e.